The van der Waals surface area contributed by atoms with Gasteiger partial charge in [0.15, 0.2) is 0 Å². The molecule has 2 rings (SSSR count). The van der Waals surface area contributed by atoms with Gasteiger partial charge >= 0.3 is 11.9 Å². The Labute approximate surface area is 138 Å². The minimum atomic E-state index is -4.54. The Morgan fingerprint density at radius 3 is 2.48 bits per heavy atom. The zero-order valence-electron chi connectivity index (χ0n) is 12.4. The van der Waals surface area contributed by atoms with E-state index in [1.54, 1.807) is 0 Å². The van der Waals surface area contributed by atoms with E-state index in [4.69, 9.17) is 0 Å². The maximum absolute atomic E-state index is 13.2. The number of carbonyl (C=O) groups is 1. The molecule has 0 fully saturated rings. The fourth-order valence-electron chi connectivity index (χ4n) is 1.92. The largest absolute Gasteiger partial charge is 0.416 e. The topological polar surface area (TPSA) is 84.3 Å². The van der Waals surface area contributed by atoms with Crippen LogP contribution in [-0.4, -0.2) is 17.4 Å². The van der Waals surface area contributed by atoms with Crippen LogP contribution in [0, 0.1) is 15.9 Å². The van der Waals surface area contributed by atoms with Crippen LogP contribution in [0.3, 0.4) is 0 Å². The van der Waals surface area contributed by atoms with Gasteiger partial charge < -0.3 is 10.6 Å². The molecule has 2 aromatic carbocycles. The van der Waals surface area contributed by atoms with Crippen molar-refractivity contribution in [3.05, 3.63) is 64.0 Å². The Balaban J connectivity index is 2.00. The van der Waals surface area contributed by atoms with Crippen LogP contribution in [-0.2, 0) is 11.0 Å². The van der Waals surface area contributed by atoms with Crippen LogP contribution in [0.4, 0.5) is 34.6 Å². The smallest absolute Gasteiger partial charge is 0.376 e. The van der Waals surface area contributed by atoms with Crippen LogP contribution in [0.2, 0.25) is 0 Å². The number of amides is 1. The number of anilines is 2. The zero-order chi connectivity index (χ0) is 18.6. The summed E-state index contributed by atoms with van der Waals surface area (Å²) < 4.78 is 51.0. The zero-order valence-corrected chi connectivity index (χ0v) is 12.4. The number of nitrogens with zero attached hydrogens (tertiary/aromatic N) is 1. The second-order valence-corrected chi connectivity index (χ2v) is 4.90. The first-order chi connectivity index (χ1) is 11.7. The number of benzene rings is 2. The predicted molar refractivity (Wildman–Crippen MR) is 81.6 cm³/mol. The van der Waals surface area contributed by atoms with Crippen molar-refractivity contribution < 1.29 is 27.3 Å². The van der Waals surface area contributed by atoms with Crippen molar-refractivity contribution in [1.82, 2.24) is 0 Å². The van der Waals surface area contributed by atoms with Gasteiger partial charge in [0.2, 0.25) is 11.7 Å². The molecule has 2 N–H and O–H groups in total. The van der Waals surface area contributed by atoms with Gasteiger partial charge in [-0.1, -0.05) is 6.07 Å². The summed E-state index contributed by atoms with van der Waals surface area (Å²) in [5.74, 6) is -1.70. The second kappa shape index (κ2) is 7.16. The highest BCUT2D eigenvalue weighted by Gasteiger charge is 2.30. The van der Waals surface area contributed by atoms with Gasteiger partial charge in [-0.25, -0.2) is 0 Å². The first-order valence-corrected chi connectivity index (χ1v) is 6.82. The van der Waals surface area contributed by atoms with Crippen molar-refractivity contribution in [2.75, 3.05) is 17.2 Å². The second-order valence-electron chi connectivity index (χ2n) is 4.90. The SMILES string of the molecule is O=C(CNc1ccc(F)c([N+](=O)[O-])c1)Nc1cccc(C(F)(F)F)c1. The van der Waals surface area contributed by atoms with Crippen LogP contribution in [0.5, 0.6) is 0 Å². The molecular formula is C15H11F4N3O3. The quantitative estimate of drug-likeness (QED) is 0.484. The van der Waals surface area contributed by atoms with Crippen molar-refractivity contribution in [2.24, 2.45) is 0 Å². The summed E-state index contributed by atoms with van der Waals surface area (Å²) in [6.45, 7) is -0.376. The fourth-order valence-corrected chi connectivity index (χ4v) is 1.92. The molecule has 0 saturated carbocycles. The summed E-state index contributed by atoms with van der Waals surface area (Å²) in [4.78, 5) is 21.5. The molecule has 10 heteroatoms. The molecule has 25 heavy (non-hydrogen) atoms. The molecule has 0 saturated heterocycles. The first-order valence-electron chi connectivity index (χ1n) is 6.82. The van der Waals surface area contributed by atoms with Crippen molar-refractivity contribution >= 4 is 23.0 Å². The Kier molecular flexibility index (Phi) is 5.20. The lowest BCUT2D eigenvalue weighted by molar-refractivity contribution is -0.387. The van der Waals surface area contributed by atoms with Gasteiger partial charge in [0.05, 0.1) is 17.0 Å². The lowest BCUT2D eigenvalue weighted by Gasteiger charge is -2.10. The van der Waals surface area contributed by atoms with Crippen LogP contribution in [0.25, 0.3) is 0 Å². The van der Waals surface area contributed by atoms with Crippen LogP contribution >= 0.6 is 0 Å². The summed E-state index contributed by atoms with van der Waals surface area (Å²) in [5.41, 5.74) is -1.60. The van der Waals surface area contributed by atoms with E-state index in [1.165, 1.54) is 12.1 Å². The molecule has 2 aromatic rings. The number of nitro benzene ring substituents is 1. The highest BCUT2D eigenvalue weighted by Crippen LogP contribution is 2.30. The molecule has 6 nitrogen and oxygen atoms in total. The third-order valence-electron chi connectivity index (χ3n) is 3.07. The summed E-state index contributed by atoms with van der Waals surface area (Å²) in [6.07, 6.45) is -4.54. The van der Waals surface area contributed by atoms with E-state index >= 15 is 0 Å². The number of hydrogen-bond acceptors (Lipinski definition) is 4. The number of nitrogens with one attached hydrogen (secondary N) is 2. The summed E-state index contributed by atoms with van der Waals surface area (Å²) in [6, 6.07) is 7.05. The van der Waals surface area contributed by atoms with Crippen molar-refractivity contribution in [2.45, 2.75) is 6.18 Å². The van der Waals surface area contributed by atoms with E-state index in [2.05, 4.69) is 10.6 Å². The molecule has 0 atom stereocenters. The summed E-state index contributed by atoms with van der Waals surface area (Å²) >= 11 is 0. The Bertz CT molecular complexity index is 809. The molecular weight excluding hydrogens is 346 g/mol. The number of nitro groups is 1. The Morgan fingerprint density at radius 1 is 1.12 bits per heavy atom. The van der Waals surface area contributed by atoms with E-state index in [9.17, 15) is 32.5 Å². The summed E-state index contributed by atoms with van der Waals surface area (Å²) in [7, 11) is 0. The van der Waals surface area contributed by atoms with Gasteiger partial charge in [-0.2, -0.15) is 17.6 Å². The van der Waals surface area contributed by atoms with E-state index in [0.29, 0.717) is 0 Å². The van der Waals surface area contributed by atoms with Crippen molar-refractivity contribution in [1.29, 1.82) is 0 Å². The molecule has 0 bridgehead atoms. The van der Waals surface area contributed by atoms with Crippen LogP contribution in [0.15, 0.2) is 42.5 Å². The molecule has 0 aliphatic rings. The highest BCUT2D eigenvalue weighted by molar-refractivity contribution is 5.93. The van der Waals surface area contributed by atoms with E-state index in [0.717, 1.165) is 30.3 Å². The van der Waals surface area contributed by atoms with Gasteiger partial charge in [0.1, 0.15) is 0 Å². The van der Waals surface area contributed by atoms with Gasteiger partial charge in [-0.05, 0) is 30.3 Å². The van der Waals surface area contributed by atoms with Crippen molar-refractivity contribution in [3.8, 4) is 0 Å². The number of halogens is 4. The van der Waals surface area contributed by atoms with Crippen molar-refractivity contribution in [3.63, 3.8) is 0 Å². The molecule has 0 aliphatic heterocycles. The standard InChI is InChI=1S/C15H11F4N3O3/c16-12-5-4-10(7-13(12)22(24)25)20-8-14(23)21-11-3-1-2-9(6-11)15(17,18)19/h1-7,20H,8H2,(H,21,23). The van der Waals surface area contributed by atoms with Gasteiger partial charge in [0, 0.05) is 17.4 Å². The van der Waals surface area contributed by atoms with E-state index in [-0.39, 0.29) is 17.9 Å². The number of rotatable bonds is 5. The number of alkyl halides is 3. The van der Waals surface area contributed by atoms with Crippen LogP contribution < -0.4 is 10.6 Å². The van der Waals surface area contributed by atoms with Crippen LogP contribution in [0.1, 0.15) is 5.56 Å². The molecule has 0 aromatic heterocycles. The third kappa shape index (κ3) is 4.90. The maximum atomic E-state index is 13.2. The van der Waals surface area contributed by atoms with E-state index < -0.39 is 34.1 Å². The van der Waals surface area contributed by atoms with Gasteiger partial charge in [0.25, 0.3) is 0 Å². The average molecular weight is 357 g/mol. The van der Waals surface area contributed by atoms with E-state index in [1.807, 2.05) is 0 Å². The number of hydrogen-bond donors (Lipinski definition) is 2. The monoisotopic (exact) mass is 357 g/mol. The first kappa shape index (κ1) is 18.2. The Hall–Kier alpha value is -3.17. The maximum Gasteiger partial charge on any atom is 0.416 e. The average Bonchev–Trinajstić information content (AvgIpc) is 2.53. The molecule has 132 valence electrons. The minimum Gasteiger partial charge on any atom is -0.376 e. The predicted octanol–water partition coefficient (Wildman–Crippen LogP) is 3.80. The fraction of sp³-hybridized carbons (Fsp3) is 0.133. The summed E-state index contributed by atoms with van der Waals surface area (Å²) in [5, 5.41) is 15.4. The van der Waals surface area contributed by atoms with Gasteiger partial charge in [-0.3, -0.25) is 14.9 Å². The molecule has 0 unspecified atom stereocenters. The molecule has 0 heterocycles. The normalized spacial score (nSPS) is 11.0. The highest BCUT2D eigenvalue weighted by atomic mass is 19.4. The molecule has 0 spiro atoms. The Morgan fingerprint density at radius 2 is 1.84 bits per heavy atom. The number of carbonyl (C=O) groups excluding carboxylic acids is 1. The van der Waals surface area contributed by atoms with Gasteiger partial charge in [-0.15, -0.1) is 0 Å². The molecule has 1 amide bonds. The lowest BCUT2D eigenvalue weighted by Crippen LogP contribution is -2.22. The third-order valence-corrected chi connectivity index (χ3v) is 3.07. The molecule has 0 aliphatic carbocycles. The minimum absolute atomic E-state index is 0.0493. The molecule has 0 radical (unpaired) electrons. The lowest BCUT2D eigenvalue weighted by atomic mass is 10.2.